The van der Waals surface area contributed by atoms with Crippen molar-refractivity contribution < 1.29 is 4.79 Å². The van der Waals surface area contributed by atoms with E-state index in [0.717, 1.165) is 12.8 Å². The first-order valence-electron chi connectivity index (χ1n) is 3.68. The smallest absolute Gasteiger partial charge is 0.235 e. The summed E-state index contributed by atoms with van der Waals surface area (Å²) < 4.78 is 0. The van der Waals surface area contributed by atoms with Crippen molar-refractivity contribution in [1.82, 2.24) is 5.43 Å². The van der Waals surface area contributed by atoms with E-state index >= 15 is 0 Å². The molecule has 7 N–H and O–H groups in total. The van der Waals surface area contributed by atoms with E-state index in [9.17, 15) is 4.79 Å². The molecule has 5 nitrogen and oxygen atoms in total. The first-order valence-corrected chi connectivity index (χ1v) is 3.68. The first kappa shape index (κ1) is 10.3. The van der Waals surface area contributed by atoms with Gasteiger partial charge in [-0.1, -0.05) is 6.42 Å². The van der Waals surface area contributed by atoms with Crippen LogP contribution < -0.4 is 22.7 Å². The summed E-state index contributed by atoms with van der Waals surface area (Å²) in [7, 11) is 0. The van der Waals surface area contributed by atoms with Gasteiger partial charge in [0.1, 0.15) is 0 Å². The Bertz CT molecular complexity index is 117. The molecule has 1 atom stereocenters. The number of unbranched alkanes of at least 4 members (excludes halogenated alkanes) is 1. The van der Waals surface area contributed by atoms with E-state index in [4.69, 9.17) is 17.3 Å². The first-order chi connectivity index (χ1) is 5.22. The van der Waals surface area contributed by atoms with Gasteiger partial charge in [0.05, 0.1) is 6.04 Å². The highest BCUT2D eigenvalue weighted by molar-refractivity contribution is 5.79. The van der Waals surface area contributed by atoms with Crippen molar-refractivity contribution in [2.45, 2.75) is 25.3 Å². The number of carbonyl (C=O) groups excluding carboxylic acids is 1. The number of primary amides is 1. The minimum absolute atomic E-state index is 0.412. The molecule has 0 bridgehead atoms. The van der Waals surface area contributed by atoms with E-state index in [1.165, 1.54) is 0 Å². The lowest BCUT2D eigenvalue weighted by molar-refractivity contribution is -0.120. The molecule has 0 aliphatic heterocycles. The van der Waals surface area contributed by atoms with Crippen molar-refractivity contribution in [3.63, 3.8) is 0 Å². The van der Waals surface area contributed by atoms with Crippen molar-refractivity contribution in [1.29, 1.82) is 0 Å². The zero-order valence-electron chi connectivity index (χ0n) is 6.55. The molecule has 0 saturated carbocycles. The van der Waals surface area contributed by atoms with E-state index in [0.29, 0.717) is 13.0 Å². The Morgan fingerprint density at radius 1 is 1.45 bits per heavy atom. The van der Waals surface area contributed by atoms with E-state index in [1.54, 1.807) is 0 Å². The Hall–Kier alpha value is -0.650. The van der Waals surface area contributed by atoms with Gasteiger partial charge in [-0.3, -0.25) is 10.6 Å². The van der Waals surface area contributed by atoms with Gasteiger partial charge in [-0.15, -0.1) is 0 Å². The molecule has 11 heavy (non-hydrogen) atoms. The van der Waals surface area contributed by atoms with Gasteiger partial charge >= 0.3 is 0 Å². The van der Waals surface area contributed by atoms with Crippen LogP contribution in [0, 0.1) is 0 Å². The van der Waals surface area contributed by atoms with E-state index in [-0.39, 0.29) is 0 Å². The van der Waals surface area contributed by atoms with Crippen LogP contribution in [0.1, 0.15) is 19.3 Å². The Kier molecular flexibility index (Phi) is 5.73. The van der Waals surface area contributed by atoms with Crippen LogP contribution in [0.5, 0.6) is 0 Å². The zero-order valence-corrected chi connectivity index (χ0v) is 6.55. The predicted molar refractivity (Wildman–Crippen MR) is 43.2 cm³/mol. The summed E-state index contributed by atoms with van der Waals surface area (Å²) in [6.45, 7) is 0.635. The number of nitrogens with two attached hydrogens (primary N) is 3. The second-order valence-corrected chi connectivity index (χ2v) is 2.41. The zero-order chi connectivity index (χ0) is 8.69. The molecule has 0 fully saturated rings. The summed E-state index contributed by atoms with van der Waals surface area (Å²) in [6, 6.07) is -0.415. The second-order valence-electron chi connectivity index (χ2n) is 2.41. The summed E-state index contributed by atoms with van der Waals surface area (Å²) in [5.74, 6) is 4.66. The fourth-order valence-corrected chi connectivity index (χ4v) is 0.801. The summed E-state index contributed by atoms with van der Waals surface area (Å²) in [4.78, 5) is 10.6. The van der Waals surface area contributed by atoms with Crippen LogP contribution >= 0.6 is 0 Å². The fourth-order valence-electron chi connectivity index (χ4n) is 0.801. The molecule has 0 spiro atoms. The number of hydrogen-bond acceptors (Lipinski definition) is 4. The molecule has 0 aliphatic rings. The summed E-state index contributed by atoms with van der Waals surface area (Å²) >= 11 is 0. The highest BCUT2D eigenvalue weighted by atomic mass is 16.1. The van der Waals surface area contributed by atoms with Crippen molar-refractivity contribution in [2.24, 2.45) is 17.3 Å². The Labute approximate surface area is 66.3 Å². The number of nitrogens with one attached hydrogen (secondary N) is 1. The highest BCUT2D eigenvalue weighted by Gasteiger charge is 2.11. The molecule has 0 aromatic rings. The summed E-state index contributed by atoms with van der Waals surface area (Å²) in [5, 5.41) is 0. The standard InChI is InChI=1S/C6H16N4O/c7-4-2-1-3-5(10-9)6(8)11/h5,10H,1-4,7,9H2,(H2,8,11)/t5-/m0/s1. The molecule has 1 amide bonds. The molecule has 0 unspecified atom stereocenters. The maximum absolute atomic E-state index is 10.6. The molecule has 0 radical (unpaired) electrons. The lowest BCUT2D eigenvalue weighted by Gasteiger charge is -2.10. The van der Waals surface area contributed by atoms with Gasteiger partial charge in [0, 0.05) is 0 Å². The molecule has 0 aromatic heterocycles. The minimum Gasteiger partial charge on any atom is -0.368 e. The van der Waals surface area contributed by atoms with Crippen LogP contribution in [0.4, 0.5) is 0 Å². The number of carbonyl (C=O) groups is 1. The lowest BCUT2D eigenvalue weighted by atomic mass is 10.1. The lowest BCUT2D eigenvalue weighted by Crippen LogP contribution is -2.44. The second kappa shape index (κ2) is 6.09. The van der Waals surface area contributed by atoms with E-state index in [1.807, 2.05) is 0 Å². The molecule has 0 heterocycles. The average molecular weight is 160 g/mol. The van der Waals surface area contributed by atoms with Crippen LogP contribution in [-0.2, 0) is 4.79 Å². The van der Waals surface area contributed by atoms with Crippen LogP contribution in [0.25, 0.3) is 0 Å². The Morgan fingerprint density at radius 2 is 2.09 bits per heavy atom. The van der Waals surface area contributed by atoms with Gasteiger partial charge in [-0.2, -0.15) is 0 Å². The number of rotatable bonds is 6. The molecule has 0 rings (SSSR count). The fraction of sp³-hybridized carbons (Fsp3) is 0.833. The molecular formula is C6H16N4O. The average Bonchev–Trinajstić information content (AvgIpc) is 1.97. The highest BCUT2D eigenvalue weighted by Crippen LogP contribution is 1.97. The molecule has 0 aliphatic carbocycles. The maximum Gasteiger partial charge on any atom is 0.235 e. The molecule has 66 valence electrons. The third kappa shape index (κ3) is 4.72. The molecule has 5 heteroatoms. The van der Waals surface area contributed by atoms with E-state index in [2.05, 4.69) is 5.43 Å². The SMILES string of the molecule is NCCCC[C@H](NN)C(N)=O. The molecule has 0 saturated heterocycles. The van der Waals surface area contributed by atoms with Crippen molar-refractivity contribution in [2.75, 3.05) is 6.54 Å². The van der Waals surface area contributed by atoms with Crippen molar-refractivity contribution in [3.05, 3.63) is 0 Å². The minimum atomic E-state index is -0.415. The summed E-state index contributed by atoms with van der Waals surface area (Å²) in [5.41, 5.74) is 12.6. The number of amides is 1. The summed E-state index contributed by atoms with van der Waals surface area (Å²) in [6.07, 6.45) is 2.42. The maximum atomic E-state index is 10.6. The van der Waals surface area contributed by atoms with Gasteiger partial charge in [-0.25, -0.2) is 5.43 Å². The van der Waals surface area contributed by atoms with Crippen LogP contribution in [0.3, 0.4) is 0 Å². The van der Waals surface area contributed by atoms with Gasteiger partial charge in [0.25, 0.3) is 0 Å². The van der Waals surface area contributed by atoms with Crippen molar-refractivity contribution >= 4 is 5.91 Å². The van der Waals surface area contributed by atoms with Gasteiger partial charge in [0.2, 0.25) is 5.91 Å². The van der Waals surface area contributed by atoms with Crippen LogP contribution in [0.2, 0.25) is 0 Å². The third-order valence-corrected chi connectivity index (χ3v) is 1.49. The number of hydrazine groups is 1. The quantitative estimate of drug-likeness (QED) is 0.214. The van der Waals surface area contributed by atoms with Gasteiger partial charge in [0.15, 0.2) is 0 Å². The Balaban J connectivity index is 3.44. The number of hydrogen-bond donors (Lipinski definition) is 4. The van der Waals surface area contributed by atoms with Gasteiger partial charge < -0.3 is 11.5 Å². The monoisotopic (exact) mass is 160 g/mol. The third-order valence-electron chi connectivity index (χ3n) is 1.49. The topological polar surface area (TPSA) is 107 Å². The predicted octanol–water partition coefficient (Wildman–Crippen LogP) is -1.57. The molecule has 0 aromatic carbocycles. The van der Waals surface area contributed by atoms with Crippen molar-refractivity contribution in [3.8, 4) is 0 Å². The molecular weight excluding hydrogens is 144 g/mol. The Morgan fingerprint density at radius 3 is 2.45 bits per heavy atom. The van der Waals surface area contributed by atoms with E-state index < -0.39 is 11.9 Å². The van der Waals surface area contributed by atoms with Gasteiger partial charge in [-0.05, 0) is 19.4 Å². The normalized spacial score (nSPS) is 12.9. The van der Waals surface area contributed by atoms with Crippen LogP contribution in [-0.4, -0.2) is 18.5 Å². The van der Waals surface area contributed by atoms with Crippen LogP contribution in [0.15, 0.2) is 0 Å². The largest absolute Gasteiger partial charge is 0.368 e.